The van der Waals surface area contributed by atoms with E-state index >= 15 is 0 Å². The monoisotopic (exact) mass is 524 g/mol. The van der Waals surface area contributed by atoms with Crippen molar-refractivity contribution < 1.29 is 24.2 Å². The molecule has 2 N–H and O–H groups in total. The number of aliphatic carboxylic acids is 1. The van der Waals surface area contributed by atoms with Gasteiger partial charge in [0.25, 0.3) is 5.91 Å². The van der Waals surface area contributed by atoms with Gasteiger partial charge >= 0.3 is 5.97 Å². The molecule has 0 radical (unpaired) electrons. The molecule has 9 nitrogen and oxygen atoms in total. The minimum Gasteiger partial charge on any atom is -0.480 e. The Balaban J connectivity index is 1.61. The molecule has 198 valence electrons. The van der Waals surface area contributed by atoms with Crippen molar-refractivity contribution in [1.82, 2.24) is 19.4 Å². The van der Waals surface area contributed by atoms with Crippen LogP contribution in [0.1, 0.15) is 35.5 Å². The van der Waals surface area contributed by atoms with Gasteiger partial charge in [-0.15, -0.1) is 0 Å². The summed E-state index contributed by atoms with van der Waals surface area (Å²) in [6, 6.07) is 16.2. The highest BCUT2D eigenvalue weighted by atomic mass is 16.6. The molecule has 1 amide bonds. The molecule has 4 atom stereocenters. The van der Waals surface area contributed by atoms with Crippen LogP contribution < -0.4 is 5.32 Å². The normalized spacial score (nSPS) is 25.7. The summed E-state index contributed by atoms with van der Waals surface area (Å²) in [5.74, 6) is -0.944. The molecule has 0 aliphatic carbocycles. The summed E-state index contributed by atoms with van der Waals surface area (Å²) < 4.78 is 17.8. The van der Waals surface area contributed by atoms with Gasteiger partial charge < -0.3 is 29.0 Å². The molecule has 1 fully saturated rings. The lowest BCUT2D eigenvalue weighted by atomic mass is 9.91. The number of carboxylic acids is 1. The van der Waals surface area contributed by atoms with Crippen LogP contribution >= 0.6 is 0 Å². The lowest BCUT2D eigenvalue weighted by Crippen LogP contribution is -2.61. The minimum absolute atomic E-state index is 0.0557. The zero-order valence-corrected chi connectivity index (χ0v) is 21.9. The standard InChI is InChI=1S/C30H28N4O5/c1-30-28(38-3)20(32(2)14-22(35)36)12-21(39-30)33-18-10-6-4-8-15(18)24-25-17(13-31-29(25)37)23-16-9-5-7-11-19(16)34(30)27(23)26(24)33/h4-11,20-21,28H,12-14H2,1-3H3,(H,31,37)(H,35,36)/t20-,21-,28-,30+/m0/s1. The second kappa shape index (κ2) is 7.59. The van der Waals surface area contributed by atoms with E-state index in [0.717, 1.165) is 54.7 Å². The molecule has 5 aromatic rings. The largest absolute Gasteiger partial charge is 0.480 e. The summed E-state index contributed by atoms with van der Waals surface area (Å²) in [4.78, 5) is 27.1. The molecule has 2 bridgehead atoms. The third-order valence-corrected chi connectivity index (χ3v) is 9.15. The maximum absolute atomic E-state index is 13.4. The molecule has 1 saturated heterocycles. The number of para-hydroxylation sites is 2. The Kier molecular flexibility index (Phi) is 4.48. The predicted octanol–water partition coefficient (Wildman–Crippen LogP) is 4.15. The number of nitrogens with zero attached hydrogens (tertiary/aromatic N) is 3. The fraction of sp³-hybridized carbons (Fsp3) is 0.333. The number of likely N-dealkylation sites (N-methyl/N-ethyl adjacent to an activating group) is 1. The first kappa shape index (κ1) is 23.0. The lowest BCUT2D eigenvalue weighted by Gasteiger charge is -2.50. The van der Waals surface area contributed by atoms with Gasteiger partial charge in [0.2, 0.25) is 0 Å². The van der Waals surface area contributed by atoms with Crippen molar-refractivity contribution in [2.45, 2.75) is 44.0 Å². The van der Waals surface area contributed by atoms with Crippen molar-refractivity contribution in [3.8, 4) is 0 Å². The fourth-order valence-electron chi connectivity index (χ4n) is 7.77. The Morgan fingerprint density at radius 1 is 1.13 bits per heavy atom. The van der Waals surface area contributed by atoms with E-state index in [1.54, 1.807) is 7.11 Å². The molecule has 0 spiro atoms. The third kappa shape index (κ3) is 2.69. The summed E-state index contributed by atoms with van der Waals surface area (Å²) >= 11 is 0. The summed E-state index contributed by atoms with van der Waals surface area (Å²) in [5.41, 5.74) is 4.75. The van der Waals surface area contributed by atoms with E-state index in [0.29, 0.717) is 13.0 Å². The van der Waals surface area contributed by atoms with Crippen molar-refractivity contribution in [3.05, 3.63) is 59.7 Å². The molecule has 0 unspecified atom stereocenters. The van der Waals surface area contributed by atoms with Gasteiger partial charge in [0.1, 0.15) is 12.3 Å². The van der Waals surface area contributed by atoms with Crippen LogP contribution in [0.4, 0.5) is 0 Å². The maximum atomic E-state index is 13.4. The number of hydrogen-bond donors (Lipinski definition) is 2. The third-order valence-electron chi connectivity index (χ3n) is 9.15. The smallest absolute Gasteiger partial charge is 0.317 e. The van der Waals surface area contributed by atoms with Crippen LogP contribution in [0.15, 0.2) is 48.5 Å². The quantitative estimate of drug-likeness (QED) is 0.367. The highest BCUT2D eigenvalue weighted by Crippen LogP contribution is 2.54. The number of carbonyl (C=O) groups excluding carboxylic acids is 1. The Hall–Kier alpha value is -3.92. The minimum atomic E-state index is -0.965. The summed E-state index contributed by atoms with van der Waals surface area (Å²) in [6.07, 6.45) is -0.343. The second-order valence-corrected chi connectivity index (χ2v) is 11.1. The van der Waals surface area contributed by atoms with Gasteiger partial charge in [-0.1, -0.05) is 36.4 Å². The van der Waals surface area contributed by atoms with Crippen molar-refractivity contribution in [1.29, 1.82) is 0 Å². The number of fused-ring (bicyclic) bond motifs is 13. The first-order valence-corrected chi connectivity index (χ1v) is 13.3. The van der Waals surface area contributed by atoms with Gasteiger partial charge in [-0.05, 0) is 31.7 Å². The van der Waals surface area contributed by atoms with Crippen molar-refractivity contribution >= 4 is 55.5 Å². The number of carbonyl (C=O) groups is 2. The Morgan fingerprint density at radius 2 is 1.82 bits per heavy atom. The van der Waals surface area contributed by atoms with Crippen molar-refractivity contribution in [2.24, 2.45) is 0 Å². The highest BCUT2D eigenvalue weighted by Gasteiger charge is 2.54. The average molecular weight is 525 g/mol. The van der Waals surface area contributed by atoms with Crippen LogP contribution in [0.25, 0.3) is 43.6 Å². The molecule has 5 heterocycles. The van der Waals surface area contributed by atoms with Crippen LogP contribution in [-0.2, 0) is 26.5 Å². The van der Waals surface area contributed by atoms with E-state index < -0.39 is 24.0 Å². The maximum Gasteiger partial charge on any atom is 0.317 e. The molecule has 39 heavy (non-hydrogen) atoms. The van der Waals surface area contributed by atoms with Crippen LogP contribution in [0.2, 0.25) is 0 Å². The van der Waals surface area contributed by atoms with Crippen molar-refractivity contribution in [2.75, 3.05) is 20.7 Å². The van der Waals surface area contributed by atoms with E-state index in [9.17, 15) is 14.7 Å². The Labute approximate surface area is 223 Å². The highest BCUT2D eigenvalue weighted by molar-refractivity contribution is 6.31. The zero-order chi connectivity index (χ0) is 26.8. The summed E-state index contributed by atoms with van der Waals surface area (Å²) in [5, 5.41) is 16.8. The number of ether oxygens (including phenoxy) is 2. The first-order chi connectivity index (χ1) is 18.8. The van der Waals surface area contributed by atoms with E-state index in [2.05, 4.69) is 45.6 Å². The van der Waals surface area contributed by atoms with Crippen LogP contribution in [0.3, 0.4) is 0 Å². The van der Waals surface area contributed by atoms with Gasteiger partial charge in [-0.2, -0.15) is 0 Å². The van der Waals surface area contributed by atoms with Gasteiger partial charge in [-0.3, -0.25) is 14.5 Å². The molecule has 3 aliphatic heterocycles. The SMILES string of the molecule is CO[C@H]1[C@@H](N(C)CC(=O)O)C[C@@H]2O[C@@]1(C)n1c3ccccc3c3c4c(c5c6ccccc6n2c5c31)C(=O)NC4. The molecule has 0 saturated carbocycles. The predicted molar refractivity (Wildman–Crippen MR) is 147 cm³/mol. The number of nitrogens with one attached hydrogen (secondary N) is 1. The van der Waals surface area contributed by atoms with E-state index in [1.807, 2.05) is 36.2 Å². The van der Waals surface area contributed by atoms with E-state index in [-0.39, 0.29) is 18.5 Å². The Bertz CT molecular complexity index is 1900. The van der Waals surface area contributed by atoms with Crippen LogP contribution in [0.5, 0.6) is 0 Å². The van der Waals surface area contributed by atoms with Gasteiger partial charge in [-0.25, -0.2) is 0 Å². The van der Waals surface area contributed by atoms with E-state index in [4.69, 9.17) is 9.47 Å². The van der Waals surface area contributed by atoms with Gasteiger partial charge in [0.05, 0.1) is 34.2 Å². The van der Waals surface area contributed by atoms with Gasteiger partial charge in [0, 0.05) is 47.7 Å². The van der Waals surface area contributed by atoms with Crippen LogP contribution in [0, 0.1) is 0 Å². The molecule has 8 rings (SSSR count). The second-order valence-electron chi connectivity index (χ2n) is 11.1. The summed E-state index contributed by atoms with van der Waals surface area (Å²) in [6.45, 7) is 2.41. The van der Waals surface area contributed by atoms with Gasteiger partial charge in [0.15, 0.2) is 5.72 Å². The number of rotatable bonds is 4. The molecule has 2 aromatic heterocycles. The molecule has 3 aliphatic rings. The number of aromatic nitrogens is 2. The lowest BCUT2D eigenvalue weighted by molar-refractivity contribution is -0.267. The molecular weight excluding hydrogens is 496 g/mol. The fourth-order valence-corrected chi connectivity index (χ4v) is 7.77. The molecule has 3 aromatic carbocycles. The molecular formula is C30H28N4O5. The van der Waals surface area contributed by atoms with E-state index in [1.165, 1.54) is 0 Å². The summed E-state index contributed by atoms with van der Waals surface area (Å²) in [7, 11) is 3.51. The van der Waals surface area contributed by atoms with Crippen LogP contribution in [-0.4, -0.2) is 63.9 Å². The topological polar surface area (TPSA) is 98.0 Å². The average Bonchev–Trinajstić information content (AvgIpc) is 3.55. The number of carboxylic acid groups (broad SMARTS) is 1. The molecule has 9 heteroatoms. The zero-order valence-electron chi connectivity index (χ0n) is 21.9. The first-order valence-electron chi connectivity index (χ1n) is 13.3. The Morgan fingerprint density at radius 3 is 2.54 bits per heavy atom. The number of benzene rings is 3. The number of hydrogen-bond acceptors (Lipinski definition) is 5. The van der Waals surface area contributed by atoms with Crippen molar-refractivity contribution in [3.63, 3.8) is 0 Å². The number of methoxy groups -OCH3 is 1. The number of amides is 1.